The highest BCUT2D eigenvalue weighted by Crippen LogP contribution is 2.23. The van der Waals surface area contributed by atoms with E-state index in [9.17, 15) is 9.90 Å². The number of rotatable bonds is 3. The highest BCUT2D eigenvalue weighted by Gasteiger charge is 2.36. The Labute approximate surface area is 117 Å². The number of aromatic nitrogens is 2. The number of hydrogen-bond acceptors (Lipinski definition) is 3. The second-order valence-corrected chi connectivity index (χ2v) is 5.07. The van der Waals surface area contributed by atoms with Crippen molar-refractivity contribution in [2.45, 2.75) is 25.0 Å². The van der Waals surface area contributed by atoms with Crippen LogP contribution >= 0.6 is 0 Å². The van der Waals surface area contributed by atoms with Crippen LogP contribution in [-0.2, 0) is 6.42 Å². The molecule has 5 nitrogen and oxygen atoms in total. The summed E-state index contributed by atoms with van der Waals surface area (Å²) >= 11 is 0. The number of aromatic amines is 1. The van der Waals surface area contributed by atoms with Gasteiger partial charge in [0, 0.05) is 25.1 Å². The number of H-pyrrole nitrogens is 1. The van der Waals surface area contributed by atoms with E-state index in [2.05, 4.69) is 9.97 Å². The van der Waals surface area contributed by atoms with E-state index in [0.717, 1.165) is 5.56 Å². The van der Waals surface area contributed by atoms with Crippen LogP contribution in [0.15, 0.2) is 42.9 Å². The van der Waals surface area contributed by atoms with E-state index in [1.54, 1.807) is 35.6 Å². The lowest BCUT2D eigenvalue weighted by Gasteiger charge is -2.26. The van der Waals surface area contributed by atoms with E-state index in [4.69, 9.17) is 0 Å². The van der Waals surface area contributed by atoms with Gasteiger partial charge in [0.05, 0.1) is 12.1 Å². The van der Waals surface area contributed by atoms with Crippen LogP contribution in [0.1, 0.15) is 22.5 Å². The molecule has 2 N–H and O–H groups in total. The van der Waals surface area contributed by atoms with Crippen molar-refractivity contribution < 1.29 is 9.90 Å². The Morgan fingerprint density at radius 1 is 1.45 bits per heavy atom. The van der Waals surface area contributed by atoms with E-state index >= 15 is 0 Å². The maximum atomic E-state index is 12.4. The summed E-state index contributed by atoms with van der Waals surface area (Å²) in [6, 6.07) is 7.21. The van der Waals surface area contributed by atoms with Gasteiger partial charge in [-0.05, 0) is 36.6 Å². The fourth-order valence-corrected chi connectivity index (χ4v) is 2.71. The van der Waals surface area contributed by atoms with Crippen molar-refractivity contribution in [3.8, 4) is 0 Å². The van der Waals surface area contributed by atoms with Crippen molar-refractivity contribution >= 4 is 5.91 Å². The summed E-state index contributed by atoms with van der Waals surface area (Å²) < 4.78 is 0. The maximum Gasteiger partial charge on any atom is 0.270 e. The molecule has 2 aromatic heterocycles. The van der Waals surface area contributed by atoms with Crippen molar-refractivity contribution in [1.29, 1.82) is 0 Å². The molecule has 0 aliphatic carbocycles. The zero-order valence-electron chi connectivity index (χ0n) is 11.1. The molecule has 20 heavy (non-hydrogen) atoms. The zero-order valence-corrected chi connectivity index (χ0v) is 11.1. The molecule has 0 radical (unpaired) electrons. The first-order chi connectivity index (χ1) is 9.75. The Kier molecular flexibility index (Phi) is 3.52. The van der Waals surface area contributed by atoms with Crippen molar-refractivity contribution in [2.75, 3.05) is 6.54 Å². The standard InChI is InChI=1S/C15H17N3O2/c19-14-5-8-18(15(20)12-4-2-7-17-12)13(14)9-11-3-1-6-16-10-11/h1-4,6-7,10,13-14,17,19H,5,8-9H2/t13-,14-/m0/s1. The Morgan fingerprint density at radius 2 is 2.35 bits per heavy atom. The van der Waals surface area contributed by atoms with E-state index < -0.39 is 6.10 Å². The molecule has 0 saturated carbocycles. The molecule has 1 aliphatic rings. The fraction of sp³-hybridized carbons (Fsp3) is 0.333. The molecule has 3 heterocycles. The molecular weight excluding hydrogens is 254 g/mol. The van der Waals surface area contributed by atoms with Crippen LogP contribution in [0, 0.1) is 0 Å². The van der Waals surface area contributed by atoms with Gasteiger partial charge in [0.2, 0.25) is 0 Å². The van der Waals surface area contributed by atoms with Crippen LogP contribution in [0.25, 0.3) is 0 Å². The van der Waals surface area contributed by atoms with Crippen LogP contribution in [0.5, 0.6) is 0 Å². The van der Waals surface area contributed by atoms with Crippen molar-refractivity contribution in [2.24, 2.45) is 0 Å². The molecule has 1 aliphatic heterocycles. The van der Waals surface area contributed by atoms with Gasteiger partial charge in [-0.2, -0.15) is 0 Å². The fourth-order valence-electron chi connectivity index (χ4n) is 2.71. The van der Waals surface area contributed by atoms with E-state index in [-0.39, 0.29) is 11.9 Å². The van der Waals surface area contributed by atoms with Gasteiger partial charge < -0.3 is 15.0 Å². The first kappa shape index (κ1) is 12.9. The highest BCUT2D eigenvalue weighted by atomic mass is 16.3. The molecule has 0 bridgehead atoms. The van der Waals surface area contributed by atoms with Crippen molar-refractivity contribution in [3.05, 3.63) is 54.1 Å². The highest BCUT2D eigenvalue weighted by molar-refractivity contribution is 5.92. The van der Waals surface area contributed by atoms with E-state index in [0.29, 0.717) is 25.1 Å². The third-order valence-corrected chi connectivity index (χ3v) is 3.77. The number of aliphatic hydroxyl groups is 1. The van der Waals surface area contributed by atoms with Gasteiger partial charge in [-0.25, -0.2) is 0 Å². The topological polar surface area (TPSA) is 69.2 Å². The monoisotopic (exact) mass is 271 g/mol. The van der Waals surface area contributed by atoms with Gasteiger partial charge in [0.1, 0.15) is 5.69 Å². The predicted molar refractivity (Wildman–Crippen MR) is 74.2 cm³/mol. The quantitative estimate of drug-likeness (QED) is 0.882. The zero-order chi connectivity index (χ0) is 13.9. The van der Waals surface area contributed by atoms with Crippen LogP contribution in [0.2, 0.25) is 0 Å². The minimum Gasteiger partial charge on any atom is -0.391 e. The number of nitrogens with one attached hydrogen (secondary N) is 1. The Bertz CT molecular complexity index is 568. The number of likely N-dealkylation sites (tertiary alicyclic amines) is 1. The van der Waals surface area contributed by atoms with Gasteiger partial charge in [0.15, 0.2) is 0 Å². The predicted octanol–water partition coefficient (Wildman–Crippen LogP) is 1.23. The van der Waals surface area contributed by atoms with E-state index in [1.807, 2.05) is 12.1 Å². The van der Waals surface area contributed by atoms with E-state index in [1.165, 1.54) is 0 Å². The van der Waals surface area contributed by atoms with Gasteiger partial charge >= 0.3 is 0 Å². The third kappa shape index (κ3) is 2.44. The lowest BCUT2D eigenvalue weighted by molar-refractivity contribution is 0.0635. The molecule has 0 unspecified atom stereocenters. The second-order valence-electron chi connectivity index (χ2n) is 5.07. The Hall–Kier alpha value is -2.14. The lowest BCUT2D eigenvalue weighted by atomic mass is 10.0. The minimum absolute atomic E-state index is 0.0551. The van der Waals surface area contributed by atoms with Gasteiger partial charge in [0.25, 0.3) is 5.91 Å². The summed E-state index contributed by atoms with van der Waals surface area (Å²) in [5, 5.41) is 10.1. The SMILES string of the molecule is O=C(c1ccc[nH]1)N1CC[C@H](O)[C@@H]1Cc1cccnc1. The van der Waals surface area contributed by atoms with Gasteiger partial charge in [-0.3, -0.25) is 9.78 Å². The average molecular weight is 271 g/mol. The maximum absolute atomic E-state index is 12.4. The molecule has 104 valence electrons. The summed E-state index contributed by atoms with van der Waals surface area (Å²) in [5.74, 6) is -0.0551. The summed E-state index contributed by atoms with van der Waals surface area (Å²) in [4.78, 5) is 21.2. The van der Waals surface area contributed by atoms with Gasteiger partial charge in [-0.15, -0.1) is 0 Å². The molecule has 2 aromatic rings. The number of nitrogens with zero attached hydrogens (tertiary/aromatic N) is 2. The normalized spacial score (nSPS) is 22.1. The summed E-state index contributed by atoms with van der Waals surface area (Å²) in [6.07, 6.45) is 6.00. The number of hydrogen-bond donors (Lipinski definition) is 2. The Balaban J connectivity index is 1.78. The molecule has 1 amide bonds. The third-order valence-electron chi connectivity index (χ3n) is 3.77. The number of carbonyl (C=O) groups excluding carboxylic acids is 1. The molecular formula is C15H17N3O2. The lowest BCUT2D eigenvalue weighted by Crippen LogP contribution is -2.41. The molecule has 1 saturated heterocycles. The number of pyridine rings is 1. The molecule has 2 atom stereocenters. The molecule has 5 heteroatoms. The molecule has 0 aromatic carbocycles. The molecule has 0 spiro atoms. The summed E-state index contributed by atoms with van der Waals surface area (Å²) in [5.41, 5.74) is 1.60. The van der Waals surface area contributed by atoms with Crippen molar-refractivity contribution in [1.82, 2.24) is 14.9 Å². The van der Waals surface area contributed by atoms with Crippen LogP contribution in [0.4, 0.5) is 0 Å². The minimum atomic E-state index is -0.478. The van der Waals surface area contributed by atoms with Gasteiger partial charge in [-0.1, -0.05) is 6.07 Å². The number of aliphatic hydroxyl groups excluding tert-OH is 1. The van der Waals surface area contributed by atoms with Crippen molar-refractivity contribution in [3.63, 3.8) is 0 Å². The summed E-state index contributed by atoms with van der Waals surface area (Å²) in [6.45, 7) is 0.587. The van der Waals surface area contributed by atoms with Crippen LogP contribution in [0.3, 0.4) is 0 Å². The first-order valence-corrected chi connectivity index (χ1v) is 6.77. The largest absolute Gasteiger partial charge is 0.391 e. The smallest absolute Gasteiger partial charge is 0.270 e. The number of amides is 1. The second kappa shape index (κ2) is 5.46. The molecule has 1 fully saturated rings. The Morgan fingerprint density at radius 3 is 3.05 bits per heavy atom. The summed E-state index contributed by atoms with van der Waals surface area (Å²) in [7, 11) is 0. The average Bonchev–Trinajstić information content (AvgIpc) is 3.11. The molecule has 3 rings (SSSR count). The van der Waals surface area contributed by atoms with Crippen LogP contribution < -0.4 is 0 Å². The van der Waals surface area contributed by atoms with Crippen LogP contribution in [-0.4, -0.2) is 44.6 Å². The first-order valence-electron chi connectivity index (χ1n) is 6.77. The number of carbonyl (C=O) groups is 1.